The molecule has 0 atom stereocenters. The Morgan fingerprint density at radius 3 is 2.46 bits per heavy atom. The molecule has 124 valence electrons. The van der Waals surface area contributed by atoms with Crippen LogP contribution in [0, 0.1) is 13.8 Å². The van der Waals surface area contributed by atoms with Crippen molar-refractivity contribution in [1.29, 1.82) is 0 Å². The van der Waals surface area contributed by atoms with Crippen molar-refractivity contribution in [3.63, 3.8) is 0 Å². The molecule has 0 aromatic carbocycles. The summed E-state index contributed by atoms with van der Waals surface area (Å²) < 4.78 is 2.01. The molecule has 6 nitrogen and oxygen atoms in total. The van der Waals surface area contributed by atoms with E-state index >= 15 is 0 Å². The second kappa shape index (κ2) is 6.39. The molecule has 3 aromatic rings. The predicted molar refractivity (Wildman–Crippen MR) is 95.3 cm³/mol. The van der Waals surface area contributed by atoms with Gasteiger partial charge in [0.15, 0.2) is 0 Å². The first kappa shape index (κ1) is 16.1. The molecule has 1 N–H and O–H groups in total. The van der Waals surface area contributed by atoms with E-state index in [4.69, 9.17) is 0 Å². The summed E-state index contributed by atoms with van der Waals surface area (Å²) in [6, 6.07) is 3.98. The van der Waals surface area contributed by atoms with Gasteiger partial charge in [-0.05, 0) is 31.4 Å². The van der Waals surface area contributed by atoms with Gasteiger partial charge in [0.05, 0.1) is 0 Å². The maximum atomic E-state index is 4.55. The highest BCUT2D eigenvalue weighted by Crippen LogP contribution is 2.29. The lowest BCUT2D eigenvalue weighted by atomic mass is 9.98. The normalized spacial score (nSPS) is 11.1. The van der Waals surface area contributed by atoms with Crippen molar-refractivity contribution in [1.82, 2.24) is 24.5 Å². The molecule has 6 heteroatoms. The summed E-state index contributed by atoms with van der Waals surface area (Å²) in [6.45, 7) is 8.18. The minimum atomic E-state index is 0.356. The summed E-state index contributed by atoms with van der Waals surface area (Å²) in [5.41, 5.74) is 3.18. The van der Waals surface area contributed by atoms with E-state index in [2.05, 4.69) is 45.2 Å². The van der Waals surface area contributed by atoms with Crippen molar-refractivity contribution >= 4 is 11.6 Å². The fourth-order valence-electron chi connectivity index (χ4n) is 2.74. The molecule has 3 rings (SSSR count). The van der Waals surface area contributed by atoms with Gasteiger partial charge in [0, 0.05) is 43.0 Å². The average Bonchev–Trinajstić information content (AvgIpc) is 2.92. The van der Waals surface area contributed by atoms with Crippen LogP contribution in [0.15, 0.2) is 30.7 Å². The van der Waals surface area contributed by atoms with Crippen LogP contribution in [-0.4, -0.2) is 24.5 Å². The van der Waals surface area contributed by atoms with Crippen LogP contribution in [-0.2, 0) is 7.05 Å². The first-order valence-electron chi connectivity index (χ1n) is 8.01. The molecular weight excluding hydrogens is 300 g/mol. The molecule has 3 aromatic heterocycles. The van der Waals surface area contributed by atoms with Gasteiger partial charge in [-0.3, -0.25) is 0 Å². The molecule has 0 radical (unpaired) electrons. The Hall–Kier alpha value is -2.76. The lowest BCUT2D eigenvalue weighted by molar-refractivity contribution is 0.854. The summed E-state index contributed by atoms with van der Waals surface area (Å²) >= 11 is 0. The van der Waals surface area contributed by atoms with Gasteiger partial charge >= 0.3 is 0 Å². The Bertz CT molecular complexity index is 845. The van der Waals surface area contributed by atoms with Gasteiger partial charge in [-0.25, -0.2) is 19.9 Å². The Labute approximate surface area is 142 Å². The predicted octanol–water partition coefficient (Wildman–Crippen LogP) is 3.76. The number of aromatic nitrogens is 5. The standard InChI is InChI=1S/C18H22N6/c1-11(2)14-9-16(23-17-8-12(3)21-13(4)22-17)20-10-15(14)18-19-6-7-24(18)5/h6-11H,1-5H3,(H,20,21,22,23). The SMILES string of the molecule is Cc1cc(Nc2cc(C(C)C)c(-c3nccn3C)cn2)nc(C)n1. The molecule has 24 heavy (non-hydrogen) atoms. The zero-order chi connectivity index (χ0) is 17.3. The molecule has 0 aliphatic rings. The number of rotatable bonds is 4. The fourth-order valence-corrected chi connectivity index (χ4v) is 2.74. The van der Waals surface area contributed by atoms with E-state index in [1.165, 1.54) is 5.56 Å². The molecule has 0 saturated heterocycles. The van der Waals surface area contributed by atoms with Crippen molar-refractivity contribution in [2.24, 2.45) is 7.05 Å². The highest BCUT2D eigenvalue weighted by Gasteiger charge is 2.14. The lowest BCUT2D eigenvalue weighted by Gasteiger charge is -2.15. The fraction of sp³-hybridized carbons (Fsp3) is 0.333. The number of nitrogens with one attached hydrogen (secondary N) is 1. The summed E-state index contributed by atoms with van der Waals surface area (Å²) in [4.78, 5) is 17.7. The summed E-state index contributed by atoms with van der Waals surface area (Å²) in [5.74, 6) is 3.55. The summed E-state index contributed by atoms with van der Waals surface area (Å²) in [5, 5.41) is 3.28. The average molecular weight is 322 g/mol. The maximum absolute atomic E-state index is 4.55. The Morgan fingerprint density at radius 2 is 1.83 bits per heavy atom. The molecule has 0 amide bonds. The smallest absolute Gasteiger partial charge is 0.141 e. The van der Waals surface area contributed by atoms with Crippen LogP contribution in [0.3, 0.4) is 0 Å². The van der Waals surface area contributed by atoms with Crippen LogP contribution < -0.4 is 5.32 Å². The second-order valence-electron chi connectivity index (χ2n) is 6.24. The molecular formula is C18H22N6. The Morgan fingerprint density at radius 1 is 1.04 bits per heavy atom. The number of nitrogens with zero attached hydrogens (tertiary/aromatic N) is 5. The van der Waals surface area contributed by atoms with Gasteiger partial charge in [-0.15, -0.1) is 0 Å². The molecule has 0 saturated carbocycles. The molecule has 0 aliphatic heterocycles. The minimum absolute atomic E-state index is 0.356. The molecule has 0 bridgehead atoms. The number of imidazole rings is 1. The second-order valence-corrected chi connectivity index (χ2v) is 6.24. The number of hydrogen-bond donors (Lipinski definition) is 1. The third-order valence-corrected chi connectivity index (χ3v) is 3.84. The molecule has 3 heterocycles. The monoisotopic (exact) mass is 322 g/mol. The zero-order valence-electron chi connectivity index (χ0n) is 14.7. The minimum Gasteiger partial charge on any atom is -0.334 e. The topological polar surface area (TPSA) is 68.5 Å². The van der Waals surface area contributed by atoms with Crippen molar-refractivity contribution in [3.8, 4) is 11.4 Å². The van der Waals surface area contributed by atoms with E-state index < -0.39 is 0 Å². The molecule has 0 unspecified atom stereocenters. The van der Waals surface area contributed by atoms with E-state index in [1.807, 2.05) is 43.9 Å². The number of hydrogen-bond acceptors (Lipinski definition) is 5. The Balaban J connectivity index is 1.99. The highest BCUT2D eigenvalue weighted by molar-refractivity contribution is 5.65. The van der Waals surface area contributed by atoms with Gasteiger partial charge in [0.1, 0.15) is 23.3 Å². The molecule has 0 fully saturated rings. The van der Waals surface area contributed by atoms with Crippen LogP contribution in [0.1, 0.15) is 36.8 Å². The van der Waals surface area contributed by atoms with E-state index in [9.17, 15) is 0 Å². The van der Waals surface area contributed by atoms with Crippen LogP contribution >= 0.6 is 0 Å². The van der Waals surface area contributed by atoms with E-state index in [1.54, 1.807) is 6.20 Å². The third-order valence-electron chi connectivity index (χ3n) is 3.84. The number of aryl methyl sites for hydroxylation is 3. The first-order chi connectivity index (χ1) is 11.4. The summed E-state index contributed by atoms with van der Waals surface area (Å²) in [7, 11) is 1.99. The third kappa shape index (κ3) is 3.27. The Kier molecular flexibility index (Phi) is 4.29. The van der Waals surface area contributed by atoms with Crippen molar-refractivity contribution in [3.05, 3.63) is 47.8 Å². The highest BCUT2D eigenvalue weighted by atomic mass is 15.1. The quantitative estimate of drug-likeness (QED) is 0.792. The maximum Gasteiger partial charge on any atom is 0.141 e. The van der Waals surface area contributed by atoms with E-state index in [0.717, 1.165) is 34.5 Å². The zero-order valence-corrected chi connectivity index (χ0v) is 14.7. The van der Waals surface area contributed by atoms with Crippen LogP contribution in [0.4, 0.5) is 11.6 Å². The number of anilines is 2. The van der Waals surface area contributed by atoms with Crippen LogP contribution in [0.2, 0.25) is 0 Å². The van der Waals surface area contributed by atoms with Gasteiger partial charge in [-0.2, -0.15) is 0 Å². The van der Waals surface area contributed by atoms with Crippen LogP contribution in [0.25, 0.3) is 11.4 Å². The largest absolute Gasteiger partial charge is 0.334 e. The van der Waals surface area contributed by atoms with Gasteiger partial charge in [0.25, 0.3) is 0 Å². The van der Waals surface area contributed by atoms with Crippen molar-refractivity contribution < 1.29 is 0 Å². The van der Waals surface area contributed by atoms with Gasteiger partial charge in [0.2, 0.25) is 0 Å². The van der Waals surface area contributed by atoms with E-state index in [0.29, 0.717) is 5.92 Å². The lowest BCUT2D eigenvalue weighted by Crippen LogP contribution is -2.04. The molecule has 0 spiro atoms. The molecule has 0 aliphatic carbocycles. The van der Waals surface area contributed by atoms with E-state index in [-0.39, 0.29) is 0 Å². The van der Waals surface area contributed by atoms with Gasteiger partial charge < -0.3 is 9.88 Å². The van der Waals surface area contributed by atoms with Crippen molar-refractivity contribution in [2.45, 2.75) is 33.6 Å². The van der Waals surface area contributed by atoms with Crippen LogP contribution in [0.5, 0.6) is 0 Å². The van der Waals surface area contributed by atoms with Crippen molar-refractivity contribution in [2.75, 3.05) is 5.32 Å². The summed E-state index contributed by atoms with van der Waals surface area (Å²) in [6.07, 6.45) is 5.62. The van der Waals surface area contributed by atoms with Gasteiger partial charge in [-0.1, -0.05) is 13.8 Å². The first-order valence-corrected chi connectivity index (χ1v) is 8.01. The number of pyridine rings is 1.